The molecule has 0 fully saturated rings. The van der Waals surface area contributed by atoms with Gasteiger partial charge in [-0.15, -0.1) is 0 Å². The predicted molar refractivity (Wildman–Crippen MR) is 110 cm³/mol. The lowest BCUT2D eigenvalue weighted by Gasteiger charge is -2.29. The highest BCUT2D eigenvalue weighted by molar-refractivity contribution is 7.54. The smallest absolute Gasteiger partial charge is 0.410 e. The van der Waals surface area contributed by atoms with E-state index in [1.807, 2.05) is 0 Å². The summed E-state index contributed by atoms with van der Waals surface area (Å²) < 4.78 is 56.9. The van der Waals surface area contributed by atoms with Crippen molar-refractivity contribution in [1.29, 1.82) is 0 Å². The van der Waals surface area contributed by atoms with Gasteiger partial charge in [0, 0.05) is 19.0 Å². The molecular formula is C20H30F2NO7P. The van der Waals surface area contributed by atoms with Crippen LogP contribution in [0.25, 0.3) is 0 Å². The van der Waals surface area contributed by atoms with Gasteiger partial charge >= 0.3 is 25.3 Å². The average molecular weight is 465 g/mol. The van der Waals surface area contributed by atoms with E-state index < -0.39 is 42.5 Å². The molecule has 11 heteroatoms. The first-order valence-electron chi connectivity index (χ1n) is 9.73. The number of alkyl halides is 2. The fraction of sp³-hybridized carbons (Fsp3) is 0.600. The van der Waals surface area contributed by atoms with E-state index in [9.17, 15) is 28.0 Å². The molecule has 0 radical (unpaired) electrons. The van der Waals surface area contributed by atoms with Crippen molar-refractivity contribution < 1.29 is 41.8 Å². The lowest BCUT2D eigenvalue weighted by molar-refractivity contribution is -0.142. The van der Waals surface area contributed by atoms with Gasteiger partial charge in [-0.3, -0.25) is 9.46 Å². The second-order valence-corrected chi connectivity index (χ2v) is 9.79. The van der Waals surface area contributed by atoms with Crippen molar-refractivity contribution in [3.63, 3.8) is 0 Å². The van der Waals surface area contributed by atoms with Crippen LogP contribution in [0.15, 0.2) is 24.3 Å². The van der Waals surface area contributed by atoms with Gasteiger partial charge in [0.1, 0.15) is 11.6 Å². The van der Waals surface area contributed by atoms with Crippen molar-refractivity contribution in [2.24, 2.45) is 0 Å². The Bertz CT molecular complexity index is 799. The van der Waals surface area contributed by atoms with Crippen LogP contribution < -0.4 is 0 Å². The number of carbonyl (C=O) groups excluding carboxylic acids is 1. The summed E-state index contributed by atoms with van der Waals surface area (Å²) in [6.07, 6.45) is -0.969. The Morgan fingerprint density at radius 2 is 1.58 bits per heavy atom. The zero-order valence-electron chi connectivity index (χ0n) is 18.6. The maximum Gasteiger partial charge on any atom is 0.410 e. The molecule has 1 N–H and O–H groups in total. The number of nitrogens with zero attached hydrogens (tertiary/aromatic N) is 1. The van der Waals surface area contributed by atoms with Crippen LogP contribution in [0.1, 0.15) is 45.7 Å². The van der Waals surface area contributed by atoms with Crippen molar-refractivity contribution in [3.8, 4) is 0 Å². The second kappa shape index (κ2) is 10.5. The summed E-state index contributed by atoms with van der Waals surface area (Å²) in [5.41, 5.74) is -4.91. The minimum absolute atomic E-state index is 0.147. The first kappa shape index (κ1) is 27.0. The van der Waals surface area contributed by atoms with Gasteiger partial charge in [0.25, 0.3) is 0 Å². The molecule has 0 aromatic heterocycles. The van der Waals surface area contributed by atoms with E-state index in [1.54, 1.807) is 20.8 Å². The fourth-order valence-corrected chi connectivity index (χ4v) is 4.16. The number of halogens is 2. The number of ether oxygens (including phenoxy) is 1. The molecule has 0 bridgehead atoms. The lowest BCUT2D eigenvalue weighted by atomic mass is 10.0. The number of hydrogen-bond donors (Lipinski definition) is 1. The predicted octanol–water partition coefficient (Wildman–Crippen LogP) is 4.86. The van der Waals surface area contributed by atoms with E-state index in [4.69, 9.17) is 13.8 Å². The molecule has 1 amide bonds. The summed E-state index contributed by atoms with van der Waals surface area (Å²) in [7, 11) is -3.46. The Morgan fingerprint density at radius 1 is 1.10 bits per heavy atom. The Labute approximate surface area is 181 Å². The molecule has 1 aromatic carbocycles. The van der Waals surface area contributed by atoms with Crippen LogP contribution in [0.3, 0.4) is 0 Å². The summed E-state index contributed by atoms with van der Waals surface area (Å²) in [6, 6.07) is 3.35. The van der Waals surface area contributed by atoms with Gasteiger partial charge in [-0.1, -0.05) is 24.3 Å². The van der Waals surface area contributed by atoms with Gasteiger partial charge in [0.2, 0.25) is 0 Å². The molecule has 31 heavy (non-hydrogen) atoms. The fourth-order valence-electron chi connectivity index (χ4n) is 2.61. The van der Waals surface area contributed by atoms with Crippen LogP contribution in [-0.2, 0) is 35.2 Å². The molecule has 8 nitrogen and oxygen atoms in total. The quantitative estimate of drug-likeness (QED) is 0.492. The van der Waals surface area contributed by atoms with Crippen LogP contribution in [0.4, 0.5) is 13.6 Å². The molecular weight excluding hydrogens is 435 g/mol. The third-order valence-corrected chi connectivity index (χ3v) is 6.25. The van der Waals surface area contributed by atoms with Crippen molar-refractivity contribution in [3.05, 3.63) is 35.4 Å². The molecule has 0 heterocycles. The molecule has 0 saturated heterocycles. The van der Waals surface area contributed by atoms with Gasteiger partial charge in [-0.25, -0.2) is 9.59 Å². The summed E-state index contributed by atoms with van der Waals surface area (Å²) in [5, 5.41) is 9.52. The summed E-state index contributed by atoms with van der Waals surface area (Å²) in [6.45, 7) is 7.37. The Balaban J connectivity index is 3.09. The summed E-state index contributed by atoms with van der Waals surface area (Å²) in [5.74, 6) is -1.28. The number of rotatable bonds is 10. The molecule has 0 aliphatic heterocycles. The van der Waals surface area contributed by atoms with Crippen LogP contribution in [-0.4, -0.2) is 54.0 Å². The van der Waals surface area contributed by atoms with Crippen LogP contribution in [0.2, 0.25) is 0 Å². The number of carbonyl (C=O) groups is 2. The van der Waals surface area contributed by atoms with E-state index in [2.05, 4.69) is 0 Å². The third-order valence-electron chi connectivity index (χ3n) is 4.11. The molecule has 0 unspecified atom stereocenters. The normalized spacial score (nSPS) is 13.5. The third kappa shape index (κ3) is 6.98. The summed E-state index contributed by atoms with van der Waals surface area (Å²) >= 11 is 0. The number of carboxylic acid groups (broad SMARTS) is 1. The van der Waals surface area contributed by atoms with Gasteiger partial charge < -0.3 is 18.9 Å². The number of hydrogen-bond acceptors (Lipinski definition) is 6. The zero-order chi connectivity index (χ0) is 24.0. The zero-order valence-corrected chi connectivity index (χ0v) is 19.4. The minimum Gasteiger partial charge on any atom is -0.480 e. The maximum absolute atomic E-state index is 14.8. The second-order valence-electron chi connectivity index (χ2n) is 7.72. The Morgan fingerprint density at radius 3 is 1.97 bits per heavy atom. The van der Waals surface area contributed by atoms with Gasteiger partial charge in [-0.2, -0.15) is 8.78 Å². The van der Waals surface area contributed by atoms with Gasteiger partial charge in [-0.05, 0) is 40.2 Å². The topological polar surface area (TPSA) is 102 Å². The number of amides is 1. The largest absolute Gasteiger partial charge is 0.480 e. The highest BCUT2D eigenvalue weighted by Gasteiger charge is 2.54. The van der Waals surface area contributed by atoms with Crippen LogP contribution in [0.5, 0.6) is 0 Å². The molecule has 1 atom stereocenters. The lowest BCUT2D eigenvalue weighted by Crippen LogP contribution is -2.46. The highest BCUT2D eigenvalue weighted by atomic mass is 31.2. The van der Waals surface area contributed by atoms with E-state index in [0.717, 1.165) is 17.0 Å². The van der Waals surface area contributed by atoms with Gasteiger partial charge in [0.05, 0.1) is 13.2 Å². The molecule has 1 rings (SSSR count). The summed E-state index contributed by atoms with van der Waals surface area (Å²) in [4.78, 5) is 24.8. The molecule has 1 aromatic rings. The number of benzene rings is 1. The molecule has 0 aliphatic carbocycles. The van der Waals surface area contributed by atoms with Crippen molar-refractivity contribution in [1.82, 2.24) is 4.90 Å². The van der Waals surface area contributed by atoms with E-state index in [-0.39, 0.29) is 19.6 Å². The first-order valence-corrected chi connectivity index (χ1v) is 11.3. The average Bonchev–Trinajstić information content (AvgIpc) is 2.64. The highest BCUT2D eigenvalue weighted by Crippen LogP contribution is 2.66. The Hall–Kier alpha value is -2.03. The van der Waals surface area contributed by atoms with Crippen molar-refractivity contribution in [2.45, 2.75) is 58.3 Å². The number of likely N-dealkylation sites (N-methyl/N-ethyl adjacent to an activating group) is 1. The van der Waals surface area contributed by atoms with Crippen LogP contribution >= 0.6 is 7.60 Å². The SMILES string of the molecule is CCOP(=O)(OCC)C(F)(F)c1ccc(C[C@@H](C(=O)O)N(C)C(=O)OC(C)(C)C)cc1. The number of carboxylic acids is 1. The van der Waals surface area contributed by atoms with Crippen molar-refractivity contribution in [2.75, 3.05) is 20.3 Å². The van der Waals surface area contributed by atoms with Crippen molar-refractivity contribution >= 4 is 19.7 Å². The molecule has 0 spiro atoms. The van der Waals surface area contributed by atoms with E-state index in [1.165, 1.54) is 33.0 Å². The van der Waals surface area contributed by atoms with E-state index in [0.29, 0.717) is 5.56 Å². The molecule has 0 aliphatic rings. The monoisotopic (exact) mass is 465 g/mol. The molecule has 176 valence electrons. The minimum atomic E-state index is -4.75. The standard InChI is InChI=1S/C20H30F2NO7P/c1-7-28-31(27,29-8-2)20(21,22)15-11-9-14(10-12-15)13-16(17(24)25)23(6)18(26)30-19(3,4)5/h9-12,16H,7-8,13H2,1-6H3,(H,24,25)/t16-/m0/s1. The Kier molecular flexibility index (Phi) is 9.17. The first-order chi connectivity index (χ1) is 14.2. The molecule has 0 saturated carbocycles. The maximum atomic E-state index is 14.8. The van der Waals surface area contributed by atoms with Crippen LogP contribution in [0, 0.1) is 0 Å². The van der Waals surface area contributed by atoms with E-state index >= 15 is 0 Å². The number of aliphatic carboxylic acids is 1. The van der Waals surface area contributed by atoms with Gasteiger partial charge in [0.15, 0.2) is 0 Å².